The van der Waals surface area contributed by atoms with Gasteiger partial charge in [0.25, 0.3) is 5.88 Å². The van der Waals surface area contributed by atoms with Gasteiger partial charge in [-0.3, -0.25) is 0 Å². The molecule has 94 valence electrons. The topological polar surface area (TPSA) is 44.2 Å². The molecule has 0 bridgehead atoms. The molecule has 2 aromatic rings. The van der Waals surface area contributed by atoms with Crippen LogP contribution in [0.4, 0.5) is 0 Å². The van der Waals surface area contributed by atoms with Gasteiger partial charge in [0, 0.05) is 5.02 Å². The Morgan fingerprint density at radius 2 is 1.89 bits per heavy atom. The van der Waals surface area contributed by atoms with Gasteiger partial charge >= 0.3 is 0 Å². The average Bonchev–Trinajstić information content (AvgIpc) is 2.33. The van der Waals surface area contributed by atoms with Gasteiger partial charge in [-0.1, -0.05) is 34.8 Å². The smallest absolute Gasteiger partial charge is 0.267 e. The van der Waals surface area contributed by atoms with Crippen molar-refractivity contribution < 1.29 is 9.47 Å². The van der Waals surface area contributed by atoms with Crippen LogP contribution in [-0.4, -0.2) is 17.1 Å². The summed E-state index contributed by atoms with van der Waals surface area (Å²) in [5, 5.41) is 1.03. The maximum absolute atomic E-state index is 5.99. The second kappa shape index (κ2) is 5.61. The predicted octanol–water partition coefficient (Wildman–Crippen LogP) is 4.24. The van der Waals surface area contributed by atoms with Gasteiger partial charge in [0.15, 0.2) is 5.15 Å². The first-order valence-corrected chi connectivity index (χ1v) is 5.92. The van der Waals surface area contributed by atoms with Gasteiger partial charge in [0.2, 0.25) is 5.75 Å². The highest BCUT2D eigenvalue weighted by Crippen LogP contribution is 2.37. The summed E-state index contributed by atoms with van der Waals surface area (Å²) < 4.78 is 10.6. The molecule has 1 aromatic heterocycles. The maximum atomic E-state index is 5.99. The number of benzene rings is 1. The molecule has 0 spiro atoms. The summed E-state index contributed by atoms with van der Waals surface area (Å²) in [4.78, 5) is 7.72. The number of methoxy groups -OCH3 is 1. The molecule has 7 heteroatoms. The van der Waals surface area contributed by atoms with E-state index in [1.165, 1.54) is 13.4 Å². The van der Waals surface area contributed by atoms with Crippen LogP contribution in [0.25, 0.3) is 0 Å². The number of nitrogens with zero attached hydrogens (tertiary/aromatic N) is 2. The molecule has 0 unspecified atom stereocenters. The van der Waals surface area contributed by atoms with Gasteiger partial charge in [-0.25, -0.2) is 4.98 Å². The fourth-order valence-corrected chi connectivity index (χ4v) is 1.89. The molecule has 0 atom stereocenters. The van der Waals surface area contributed by atoms with Gasteiger partial charge in [-0.2, -0.15) is 4.98 Å². The van der Waals surface area contributed by atoms with E-state index in [2.05, 4.69) is 9.97 Å². The Balaban J connectivity index is 2.37. The number of aromatic nitrogens is 2. The van der Waals surface area contributed by atoms with Crippen molar-refractivity contribution in [3.8, 4) is 17.4 Å². The third-order valence-corrected chi connectivity index (χ3v) is 2.83. The van der Waals surface area contributed by atoms with E-state index < -0.39 is 0 Å². The maximum Gasteiger partial charge on any atom is 0.267 e. The predicted molar refractivity (Wildman–Crippen MR) is 70.1 cm³/mol. The monoisotopic (exact) mass is 304 g/mol. The van der Waals surface area contributed by atoms with Crippen molar-refractivity contribution in [1.29, 1.82) is 0 Å². The molecule has 0 aliphatic heterocycles. The van der Waals surface area contributed by atoms with E-state index in [0.29, 0.717) is 15.8 Å². The minimum atomic E-state index is 0.160. The van der Waals surface area contributed by atoms with Crippen molar-refractivity contribution in [2.45, 2.75) is 0 Å². The lowest BCUT2D eigenvalue weighted by Crippen LogP contribution is -1.96. The summed E-state index contributed by atoms with van der Waals surface area (Å²) in [5.74, 6) is 0.820. The van der Waals surface area contributed by atoms with Crippen LogP contribution < -0.4 is 9.47 Å². The molecule has 0 radical (unpaired) electrons. The second-order valence-corrected chi connectivity index (χ2v) is 4.38. The van der Waals surface area contributed by atoms with Crippen LogP contribution >= 0.6 is 34.8 Å². The fourth-order valence-electron chi connectivity index (χ4n) is 1.24. The first-order chi connectivity index (χ1) is 8.61. The summed E-state index contributed by atoms with van der Waals surface area (Å²) in [5.41, 5.74) is 0. The van der Waals surface area contributed by atoms with Gasteiger partial charge in [0.1, 0.15) is 12.1 Å². The Hall–Kier alpha value is -1.23. The lowest BCUT2D eigenvalue weighted by molar-refractivity contribution is 0.367. The molecule has 2 rings (SSSR count). The summed E-state index contributed by atoms with van der Waals surface area (Å²) >= 11 is 17.6. The van der Waals surface area contributed by atoms with Gasteiger partial charge < -0.3 is 9.47 Å². The lowest BCUT2D eigenvalue weighted by atomic mass is 10.3. The standard InChI is InChI=1S/C11H7Cl3N2O2/c1-17-9-10(14)15-5-16-11(9)18-8-3-2-6(12)4-7(8)13/h2-5H,1H3. The Labute approximate surface area is 118 Å². The summed E-state index contributed by atoms with van der Waals surface area (Å²) in [6, 6.07) is 4.84. The molecule has 0 aliphatic rings. The first-order valence-electron chi connectivity index (χ1n) is 4.79. The van der Waals surface area contributed by atoms with Crippen LogP contribution in [-0.2, 0) is 0 Å². The van der Waals surface area contributed by atoms with Crippen LogP contribution in [0.1, 0.15) is 0 Å². The highest BCUT2D eigenvalue weighted by atomic mass is 35.5. The van der Waals surface area contributed by atoms with Crippen molar-refractivity contribution in [3.63, 3.8) is 0 Å². The molecule has 0 saturated carbocycles. The van der Waals surface area contributed by atoms with E-state index in [1.54, 1.807) is 18.2 Å². The minimum Gasteiger partial charge on any atom is -0.489 e. The van der Waals surface area contributed by atoms with E-state index in [0.717, 1.165) is 0 Å². The van der Waals surface area contributed by atoms with Gasteiger partial charge in [0.05, 0.1) is 12.1 Å². The molecule has 1 aromatic carbocycles. The molecule has 1 heterocycles. The number of rotatable bonds is 3. The molecule has 0 aliphatic carbocycles. The van der Waals surface area contributed by atoms with Crippen molar-refractivity contribution in [3.05, 3.63) is 39.7 Å². The summed E-state index contributed by atoms with van der Waals surface area (Å²) in [7, 11) is 1.45. The average molecular weight is 306 g/mol. The highest BCUT2D eigenvalue weighted by molar-refractivity contribution is 6.35. The fraction of sp³-hybridized carbons (Fsp3) is 0.0909. The molecule has 0 N–H and O–H groups in total. The number of hydrogen-bond donors (Lipinski definition) is 0. The lowest BCUT2D eigenvalue weighted by Gasteiger charge is -2.10. The van der Waals surface area contributed by atoms with Crippen LogP contribution in [0.15, 0.2) is 24.5 Å². The molecule has 18 heavy (non-hydrogen) atoms. The first kappa shape index (κ1) is 13.2. The molecule has 0 saturated heterocycles. The second-order valence-electron chi connectivity index (χ2n) is 3.18. The summed E-state index contributed by atoms with van der Waals surface area (Å²) in [6.07, 6.45) is 1.27. The Bertz CT molecular complexity index is 578. The highest BCUT2D eigenvalue weighted by Gasteiger charge is 2.14. The van der Waals surface area contributed by atoms with E-state index in [4.69, 9.17) is 44.3 Å². The largest absolute Gasteiger partial charge is 0.489 e. The van der Waals surface area contributed by atoms with Crippen LogP contribution in [0.3, 0.4) is 0 Å². The zero-order valence-electron chi connectivity index (χ0n) is 9.15. The Kier molecular flexibility index (Phi) is 4.11. The van der Waals surface area contributed by atoms with E-state index in [9.17, 15) is 0 Å². The van der Waals surface area contributed by atoms with Crippen LogP contribution in [0.2, 0.25) is 15.2 Å². The molecule has 4 nitrogen and oxygen atoms in total. The quantitative estimate of drug-likeness (QED) is 0.796. The third kappa shape index (κ3) is 2.77. The molecule has 0 amide bonds. The number of hydrogen-bond acceptors (Lipinski definition) is 4. The third-order valence-electron chi connectivity index (χ3n) is 2.03. The number of halogens is 3. The number of ether oxygens (including phenoxy) is 2. The normalized spacial score (nSPS) is 10.2. The van der Waals surface area contributed by atoms with Crippen molar-refractivity contribution >= 4 is 34.8 Å². The Morgan fingerprint density at radius 1 is 1.11 bits per heavy atom. The zero-order valence-corrected chi connectivity index (χ0v) is 11.4. The molecule has 0 fully saturated rings. The van der Waals surface area contributed by atoms with Gasteiger partial charge in [-0.15, -0.1) is 0 Å². The zero-order chi connectivity index (χ0) is 13.1. The van der Waals surface area contributed by atoms with Crippen molar-refractivity contribution in [2.24, 2.45) is 0 Å². The van der Waals surface area contributed by atoms with Crippen LogP contribution in [0.5, 0.6) is 17.4 Å². The SMILES string of the molecule is COc1c(Cl)ncnc1Oc1ccc(Cl)cc1Cl. The van der Waals surface area contributed by atoms with Gasteiger partial charge in [-0.05, 0) is 18.2 Å². The van der Waals surface area contributed by atoms with Crippen molar-refractivity contribution in [1.82, 2.24) is 9.97 Å². The molecular formula is C11H7Cl3N2O2. The van der Waals surface area contributed by atoms with E-state index >= 15 is 0 Å². The molecular weight excluding hydrogens is 298 g/mol. The Morgan fingerprint density at radius 3 is 2.56 bits per heavy atom. The van der Waals surface area contributed by atoms with Crippen molar-refractivity contribution in [2.75, 3.05) is 7.11 Å². The van der Waals surface area contributed by atoms with E-state index in [-0.39, 0.29) is 16.8 Å². The summed E-state index contributed by atoms with van der Waals surface area (Å²) in [6.45, 7) is 0. The minimum absolute atomic E-state index is 0.160. The van der Waals surface area contributed by atoms with E-state index in [1.807, 2.05) is 0 Å². The van der Waals surface area contributed by atoms with Crippen LogP contribution in [0, 0.1) is 0 Å².